The number of hydrogen-bond donors (Lipinski definition) is 3. The zero-order chi connectivity index (χ0) is 9.64. The summed E-state index contributed by atoms with van der Waals surface area (Å²) in [5, 5.41) is 0. The fraction of sp³-hybridized carbons (Fsp3) is 1.00. The molecular weight excluding hydrogens is 174 g/mol. The van der Waals surface area contributed by atoms with Crippen LogP contribution in [0.25, 0.3) is 0 Å². The molecule has 0 atom stereocenters. The van der Waals surface area contributed by atoms with E-state index in [-0.39, 0.29) is 0 Å². The molecule has 0 aliphatic heterocycles. The topological polar surface area (TPSA) is 36.1 Å². The van der Waals surface area contributed by atoms with E-state index in [1.165, 1.54) is 57.8 Å². The molecule has 3 N–H and O–H groups in total. The molecule has 0 amide bonds. The molecule has 82 valence electrons. The molecular formula is C11H23N3. The number of hydrogen-bond acceptors (Lipinski definition) is 3. The van der Waals surface area contributed by atoms with Crippen molar-refractivity contribution in [1.82, 2.24) is 16.4 Å². The summed E-state index contributed by atoms with van der Waals surface area (Å²) in [5.74, 6) is 0. The van der Waals surface area contributed by atoms with E-state index in [0.29, 0.717) is 12.1 Å². The van der Waals surface area contributed by atoms with Crippen molar-refractivity contribution in [1.29, 1.82) is 0 Å². The summed E-state index contributed by atoms with van der Waals surface area (Å²) in [7, 11) is 0. The van der Waals surface area contributed by atoms with Gasteiger partial charge in [-0.1, -0.05) is 32.1 Å². The Hall–Kier alpha value is -0.120. The van der Waals surface area contributed by atoms with Crippen molar-refractivity contribution >= 4 is 0 Å². The van der Waals surface area contributed by atoms with Crippen LogP contribution in [-0.4, -0.2) is 12.1 Å². The van der Waals surface area contributed by atoms with Crippen molar-refractivity contribution in [3.8, 4) is 0 Å². The van der Waals surface area contributed by atoms with Crippen LogP contribution in [0, 0.1) is 0 Å². The minimum Gasteiger partial charge on any atom is -0.241 e. The van der Waals surface area contributed by atoms with Gasteiger partial charge in [-0.2, -0.15) is 5.53 Å². The van der Waals surface area contributed by atoms with Crippen molar-refractivity contribution in [3.05, 3.63) is 0 Å². The average molecular weight is 197 g/mol. The van der Waals surface area contributed by atoms with E-state index >= 15 is 0 Å². The van der Waals surface area contributed by atoms with Gasteiger partial charge in [0.2, 0.25) is 0 Å². The van der Waals surface area contributed by atoms with Gasteiger partial charge in [0.1, 0.15) is 0 Å². The Labute approximate surface area is 87.0 Å². The fourth-order valence-electron chi connectivity index (χ4n) is 2.56. The van der Waals surface area contributed by atoms with Crippen molar-refractivity contribution in [2.75, 3.05) is 0 Å². The van der Waals surface area contributed by atoms with E-state index < -0.39 is 0 Å². The van der Waals surface area contributed by atoms with E-state index in [4.69, 9.17) is 0 Å². The van der Waals surface area contributed by atoms with Crippen LogP contribution in [0.15, 0.2) is 0 Å². The second kappa shape index (κ2) is 5.69. The molecule has 0 radical (unpaired) electrons. The van der Waals surface area contributed by atoms with Crippen LogP contribution < -0.4 is 16.4 Å². The maximum atomic E-state index is 3.39. The van der Waals surface area contributed by atoms with Crippen LogP contribution in [0.2, 0.25) is 0 Å². The maximum absolute atomic E-state index is 3.39. The molecule has 0 heterocycles. The minimum atomic E-state index is 0.692. The van der Waals surface area contributed by atoms with Crippen LogP contribution >= 0.6 is 0 Å². The molecule has 0 saturated heterocycles. The Morgan fingerprint density at radius 2 is 1.00 bits per heavy atom. The molecule has 2 saturated carbocycles. The zero-order valence-corrected chi connectivity index (χ0v) is 9.02. The average Bonchev–Trinajstić information content (AvgIpc) is 2.72. The molecule has 2 aliphatic rings. The van der Waals surface area contributed by atoms with Gasteiger partial charge < -0.3 is 0 Å². The summed E-state index contributed by atoms with van der Waals surface area (Å²) in [6, 6.07) is 1.39. The van der Waals surface area contributed by atoms with Crippen LogP contribution in [0.4, 0.5) is 0 Å². The molecule has 0 aromatic rings. The van der Waals surface area contributed by atoms with Gasteiger partial charge in [-0.15, -0.1) is 0 Å². The van der Waals surface area contributed by atoms with Crippen molar-refractivity contribution in [2.24, 2.45) is 0 Å². The SMILES string of the molecule is C1CCC(NNNC2CCCC2)CC1. The second-order valence-electron chi connectivity index (χ2n) is 4.73. The molecule has 2 rings (SSSR count). The minimum absolute atomic E-state index is 0.692. The molecule has 3 heteroatoms. The highest BCUT2D eigenvalue weighted by atomic mass is 15.6. The first-order valence-corrected chi connectivity index (χ1v) is 6.21. The first kappa shape index (κ1) is 10.4. The normalized spacial score (nSPS) is 25.7. The lowest BCUT2D eigenvalue weighted by Crippen LogP contribution is -2.52. The third kappa shape index (κ3) is 3.23. The molecule has 0 aromatic heterocycles. The summed E-state index contributed by atoms with van der Waals surface area (Å²) in [6.45, 7) is 0. The lowest BCUT2D eigenvalue weighted by molar-refractivity contribution is 0.285. The maximum Gasteiger partial charge on any atom is 0.0226 e. The van der Waals surface area contributed by atoms with Gasteiger partial charge in [0.15, 0.2) is 0 Å². The second-order valence-corrected chi connectivity index (χ2v) is 4.73. The van der Waals surface area contributed by atoms with Crippen LogP contribution in [-0.2, 0) is 0 Å². The number of hydrazine groups is 2. The molecule has 3 nitrogen and oxygen atoms in total. The van der Waals surface area contributed by atoms with Crippen molar-refractivity contribution in [3.63, 3.8) is 0 Å². The predicted octanol–water partition coefficient (Wildman–Crippen LogP) is 1.86. The first-order chi connectivity index (χ1) is 6.95. The summed E-state index contributed by atoms with van der Waals surface area (Å²) < 4.78 is 0. The van der Waals surface area contributed by atoms with Crippen LogP contribution in [0.5, 0.6) is 0 Å². The predicted molar refractivity (Wildman–Crippen MR) is 58.5 cm³/mol. The Balaban J connectivity index is 1.52. The van der Waals surface area contributed by atoms with E-state index in [2.05, 4.69) is 16.4 Å². The highest BCUT2D eigenvalue weighted by Gasteiger charge is 2.15. The van der Waals surface area contributed by atoms with Crippen LogP contribution in [0.1, 0.15) is 57.8 Å². The lowest BCUT2D eigenvalue weighted by atomic mass is 9.96. The first-order valence-electron chi connectivity index (χ1n) is 6.21. The smallest absolute Gasteiger partial charge is 0.0226 e. The molecule has 0 spiro atoms. The van der Waals surface area contributed by atoms with Gasteiger partial charge in [0.05, 0.1) is 0 Å². The number of nitrogens with one attached hydrogen (secondary N) is 3. The van der Waals surface area contributed by atoms with E-state index in [1.54, 1.807) is 0 Å². The van der Waals surface area contributed by atoms with Crippen molar-refractivity contribution < 1.29 is 0 Å². The largest absolute Gasteiger partial charge is 0.241 e. The van der Waals surface area contributed by atoms with E-state index in [0.717, 1.165) is 0 Å². The summed E-state index contributed by atoms with van der Waals surface area (Å²) in [5.41, 5.74) is 9.95. The molecule has 0 aromatic carbocycles. The summed E-state index contributed by atoms with van der Waals surface area (Å²) >= 11 is 0. The van der Waals surface area contributed by atoms with Gasteiger partial charge in [0, 0.05) is 12.1 Å². The highest BCUT2D eigenvalue weighted by molar-refractivity contribution is 4.73. The molecule has 14 heavy (non-hydrogen) atoms. The number of rotatable bonds is 4. The zero-order valence-electron chi connectivity index (χ0n) is 9.02. The lowest BCUT2D eigenvalue weighted by Gasteiger charge is -2.24. The summed E-state index contributed by atoms with van der Waals surface area (Å²) in [6.07, 6.45) is 12.3. The Morgan fingerprint density at radius 1 is 0.571 bits per heavy atom. The Morgan fingerprint density at radius 3 is 1.50 bits per heavy atom. The highest BCUT2D eigenvalue weighted by Crippen LogP contribution is 2.18. The third-order valence-electron chi connectivity index (χ3n) is 3.51. The van der Waals surface area contributed by atoms with Gasteiger partial charge in [-0.05, 0) is 25.7 Å². The molecule has 2 aliphatic carbocycles. The van der Waals surface area contributed by atoms with Gasteiger partial charge in [-0.3, -0.25) is 0 Å². The van der Waals surface area contributed by atoms with E-state index in [9.17, 15) is 0 Å². The standard InChI is InChI=1S/C11H23N3/c1-2-6-10(7-3-1)12-14-13-11-8-4-5-9-11/h10-14H,1-9H2. The molecule has 2 fully saturated rings. The van der Waals surface area contributed by atoms with Gasteiger partial charge in [-0.25, -0.2) is 10.9 Å². The third-order valence-corrected chi connectivity index (χ3v) is 3.51. The monoisotopic (exact) mass is 197 g/mol. The Kier molecular flexibility index (Phi) is 4.22. The van der Waals surface area contributed by atoms with E-state index in [1.807, 2.05) is 0 Å². The van der Waals surface area contributed by atoms with Gasteiger partial charge >= 0.3 is 0 Å². The fourth-order valence-corrected chi connectivity index (χ4v) is 2.56. The summed E-state index contributed by atoms with van der Waals surface area (Å²) in [4.78, 5) is 0. The Bertz CT molecular complexity index is 149. The molecule has 0 bridgehead atoms. The molecule has 0 unspecified atom stereocenters. The van der Waals surface area contributed by atoms with Gasteiger partial charge in [0.25, 0.3) is 0 Å². The quantitative estimate of drug-likeness (QED) is 0.602. The van der Waals surface area contributed by atoms with Crippen molar-refractivity contribution in [2.45, 2.75) is 69.9 Å². The van der Waals surface area contributed by atoms with Crippen LogP contribution in [0.3, 0.4) is 0 Å².